The van der Waals surface area contributed by atoms with Crippen LogP contribution in [-0.2, 0) is 22.7 Å². The molecule has 0 aromatic heterocycles. The Kier molecular flexibility index (Phi) is 9.55. The highest BCUT2D eigenvalue weighted by atomic mass is 32.2. The second-order valence-electron chi connectivity index (χ2n) is 5.40. The number of rotatable bonds is 12. The van der Waals surface area contributed by atoms with Crippen molar-refractivity contribution in [1.29, 1.82) is 0 Å². The lowest BCUT2D eigenvalue weighted by Crippen LogP contribution is -1.99. The third kappa shape index (κ3) is 8.80. The van der Waals surface area contributed by atoms with Crippen LogP contribution >= 0.6 is 11.8 Å². The molecule has 0 bridgehead atoms. The van der Waals surface area contributed by atoms with Crippen molar-refractivity contribution in [2.45, 2.75) is 26.1 Å². The predicted molar refractivity (Wildman–Crippen MR) is 98.8 cm³/mol. The summed E-state index contributed by atoms with van der Waals surface area (Å²) in [5, 5.41) is 0. The molecule has 23 heavy (non-hydrogen) atoms. The van der Waals surface area contributed by atoms with E-state index in [9.17, 15) is 0 Å². The van der Waals surface area contributed by atoms with Gasteiger partial charge in [0.1, 0.15) is 0 Å². The Labute approximate surface area is 144 Å². The number of benzene rings is 2. The van der Waals surface area contributed by atoms with Gasteiger partial charge in [0.25, 0.3) is 0 Å². The predicted octanol–water partition coefficient (Wildman–Crippen LogP) is 4.93. The van der Waals surface area contributed by atoms with E-state index < -0.39 is 0 Å². The van der Waals surface area contributed by atoms with E-state index in [1.807, 2.05) is 23.9 Å². The Morgan fingerprint density at radius 1 is 0.609 bits per heavy atom. The van der Waals surface area contributed by atoms with Gasteiger partial charge in [0.2, 0.25) is 0 Å². The molecule has 2 aromatic rings. The lowest BCUT2D eigenvalue weighted by atomic mass is 10.2. The summed E-state index contributed by atoms with van der Waals surface area (Å²) in [7, 11) is 0. The van der Waals surface area contributed by atoms with Crippen LogP contribution in [0.5, 0.6) is 0 Å². The maximum Gasteiger partial charge on any atom is 0.0716 e. The van der Waals surface area contributed by atoms with Gasteiger partial charge in [-0.2, -0.15) is 11.8 Å². The van der Waals surface area contributed by atoms with E-state index >= 15 is 0 Å². The second kappa shape index (κ2) is 12.2. The normalized spacial score (nSPS) is 10.8. The number of thioether (sulfide) groups is 1. The summed E-state index contributed by atoms with van der Waals surface area (Å²) in [5.41, 5.74) is 2.49. The quantitative estimate of drug-likeness (QED) is 0.514. The first kappa shape index (κ1) is 18.1. The van der Waals surface area contributed by atoms with Crippen molar-refractivity contribution in [3.8, 4) is 0 Å². The summed E-state index contributed by atoms with van der Waals surface area (Å²) in [5.74, 6) is 2.32. The maximum absolute atomic E-state index is 5.68. The van der Waals surface area contributed by atoms with Crippen LogP contribution in [0.3, 0.4) is 0 Å². The maximum atomic E-state index is 5.68. The Morgan fingerprint density at radius 3 is 1.48 bits per heavy atom. The smallest absolute Gasteiger partial charge is 0.0716 e. The van der Waals surface area contributed by atoms with E-state index in [4.69, 9.17) is 9.47 Å². The summed E-state index contributed by atoms with van der Waals surface area (Å²) < 4.78 is 11.4. The van der Waals surface area contributed by atoms with Crippen LogP contribution < -0.4 is 0 Å². The lowest BCUT2D eigenvalue weighted by molar-refractivity contribution is 0.121. The molecule has 0 radical (unpaired) electrons. The van der Waals surface area contributed by atoms with Gasteiger partial charge in [0.05, 0.1) is 13.2 Å². The van der Waals surface area contributed by atoms with E-state index in [2.05, 4.69) is 48.5 Å². The zero-order valence-corrected chi connectivity index (χ0v) is 14.5. The topological polar surface area (TPSA) is 18.5 Å². The fourth-order valence-electron chi connectivity index (χ4n) is 2.16. The van der Waals surface area contributed by atoms with Gasteiger partial charge >= 0.3 is 0 Å². The molecule has 0 aliphatic rings. The van der Waals surface area contributed by atoms with Crippen LogP contribution in [0.1, 0.15) is 24.0 Å². The van der Waals surface area contributed by atoms with Gasteiger partial charge in [0.15, 0.2) is 0 Å². The van der Waals surface area contributed by atoms with Crippen molar-refractivity contribution < 1.29 is 9.47 Å². The van der Waals surface area contributed by atoms with Gasteiger partial charge in [-0.1, -0.05) is 60.7 Å². The van der Waals surface area contributed by atoms with Gasteiger partial charge in [-0.3, -0.25) is 0 Å². The Bertz CT molecular complexity index is 454. The van der Waals surface area contributed by atoms with E-state index in [0.717, 1.165) is 50.8 Å². The molecule has 0 aliphatic carbocycles. The molecule has 0 saturated heterocycles. The summed E-state index contributed by atoms with van der Waals surface area (Å²) in [6, 6.07) is 20.7. The highest BCUT2D eigenvalue weighted by molar-refractivity contribution is 7.99. The minimum atomic E-state index is 0.721. The van der Waals surface area contributed by atoms with Crippen LogP contribution in [0.25, 0.3) is 0 Å². The first-order chi connectivity index (χ1) is 11.4. The number of hydrogen-bond donors (Lipinski definition) is 0. The second-order valence-corrected chi connectivity index (χ2v) is 6.62. The molecule has 3 heteroatoms. The van der Waals surface area contributed by atoms with Crippen LogP contribution in [0.15, 0.2) is 60.7 Å². The van der Waals surface area contributed by atoms with Gasteiger partial charge < -0.3 is 9.47 Å². The molecule has 124 valence electrons. The Morgan fingerprint density at radius 2 is 1.04 bits per heavy atom. The molecule has 0 saturated carbocycles. The number of ether oxygens (including phenoxy) is 2. The first-order valence-corrected chi connectivity index (χ1v) is 9.42. The highest BCUT2D eigenvalue weighted by Crippen LogP contribution is 2.07. The van der Waals surface area contributed by atoms with Crippen molar-refractivity contribution in [1.82, 2.24) is 0 Å². The molecule has 2 rings (SSSR count). The van der Waals surface area contributed by atoms with E-state index in [0.29, 0.717) is 0 Å². The SMILES string of the molecule is c1ccc(COCCCSCCCOCc2ccccc2)cc1. The van der Waals surface area contributed by atoms with Crippen LogP contribution in [0.2, 0.25) is 0 Å². The molecule has 0 N–H and O–H groups in total. The molecule has 0 amide bonds. The zero-order valence-electron chi connectivity index (χ0n) is 13.7. The molecule has 0 spiro atoms. The third-order valence-corrected chi connectivity index (χ3v) is 4.53. The Balaban J connectivity index is 1.34. The molecule has 0 aliphatic heterocycles. The molecule has 0 unspecified atom stereocenters. The Hall–Kier alpha value is -1.29. The fourth-order valence-corrected chi connectivity index (χ4v) is 3.00. The molecular weight excluding hydrogens is 304 g/mol. The molecular formula is C20H26O2S. The monoisotopic (exact) mass is 330 g/mol. The lowest BCUT2D eigenvalue weighted by Gasteiger charge is -2.06. The average molecular weight is 330 g/mol. The van der Waals surface area contributed by atoms with Gasteiger partial charge in [0, 0.05) is 13.2 Å². The largest absolute Gasteiger partial charge is 0.377 e. The van der Waals surface area contributed by atoms with E-state index in [1.165, 1.54) is 11.1 Å². The zero-order chi connectivity index (χ0) is 16.0. The van der Waals surface area contributed by atoms with Crippen LogP contribution in [0.4, 0.5) is 0 Å². The fraction of sp³-hybridized carbons (Fsp3) is 0.400. The molecule has 0 atom stereocenters. The average Bonchev–Trinajstić information content (AvgIpc) is 2.61. The van der Waals surface area contributed by atoms with Crippen molar-refractivity contribution in [3.63, 3.8) is 0 Å². The van der Waals surface area contributed by atoms with Gasteiger partial charge in [-0.15, -0.1) is 0 Å². The van der Waals surface area contributed by atoms with Crippen LogP contribution in [0, 0.1) is 0 Å². The van der Waals surface area contributed by atoms with Crippen molar-refractivity contribution in [2.24, 2.45) is 0 Å². The summed E-state index contributed by atoms with van der Waals surface area (Å²) in [6.45, 7) is 3.12. The number of hydrogen-bond acceptors (Lipinski definition) is 3. The van der Waals surface area contributed by atoms with Gasteiger partial charge in [-0.25, -0.2) is 0 Å². The summed E-state index contributed by atoms with van der Waals surface area (Å²) >= 11 is 1.99. The van der Waals surface area contributed by atoms with E-state index in [-0.39, 0.29) is 0 Å². The molecule has 2 nitrogen and oxygen atoms in total. The molecule has 2 aromatic carbocycles. The summed E-state index contributed by atoms with van der Waals surface area (Å²) in [4.78, 5) is 0. The van der Waals surface area contributed by atoms with Gasteiger partial charge in [-0.05, 0) is 35.5 Å². The van der Waals surface area contributed by atoms with Crippen LogP contribution in [-0.4, -0.2) is 24.7 Å². The summed E-state index contributed by atoms with van der Waals surface area (Å²) in [6.07, 6.45) is 2.23. The molecule has 0 fully saturated rings. The van der Waals surface area contributed by atoms with E-state index in [1.54, 1.807) is 0 Å². The first-order valence-electron chi connectivity index (χ1n) is 8.26. The standard InChI is InChI=1S/C20H26O2S/c1-3-9-19(10-4-1)17-21-13-7-15-23-16-8-14-22-18-20-11-5-2-6-12-20/h1-6,9-12H,7-8,13-18H2. The van der Waals surface area contributed by atoms with Crippen molar-refractivity contribution in [2.75, 3.05) is 24.7 Å². The highest BCUT2D eigenvalue weighted by Gasteiger charge is 1.95. The minimum absolute atomic E-state index is 0.721. The third-order valence-electron chi connectivity index (χ3n) is 3.38. The van der Waals surface area contributed by atoms with Crippen molar-refractivity contribution >= 4 is 11.8 Å². The molecule has 0 heterocycles. The minimum Gasteiger partial charge on any atom is -0.377 e. The van der Waals surface area contributed by atoms with Crippen molar-refractivity contribution in [3.05, 3.63) is 71.8 Å².